The molecule has 4 aromatic rings. The van der Waals surface area contributed by atoms with Crippen molar-refractivity contribution in [1.29, 1.82) is 0 Å². The summed E-state index contributed by atoms with van der Waals surface area (Å²) in [6, 6.07) is 20.6. The minimum absolute atomic E-state index is 0.196. The number of carbonyl (C=O) groups is 2. The maximum atomic E-state index is 12.5. The van der Waals surface area contributed by atoms with E-state index in [9.17, 15) is 9.59 Å². The van der Waals surface area contributed by atoms with Crippen LogP contribution in [0, 0.1) is 0 Å². The van der Waals surface area contributed by atoms with E-state index in [0.717, 1.165) is 20.9 Å². The summed E-state index contributed by atoms with van der Waals surface area (Å²) in [6.45, 7) is 0. The summed E-state index contributed by atoms with van der Waals surface area (Å²) in [6.07, 6.45) is 0. The van der Waals surface area contributed by atoms with Gasteiger partial charge in [-0.25, -0.2) is 5.48 Å². The van der Waals surface area contributed by atoms with Crippen LogP contribution in [0.15, 0.2) is 66.7 Å². The first kappa shape index (κ1) is 16.3. The molecule has 0 radical (unpaired) electrons. The molecule has 26 heavy (non-hydrogen) atoms. The summed E-state index contributed by atoms with van der Waals surface area (Å²) >= 11 is 1.27. The minimum Gasteiger partial charge on any atom is -0.322 e. The average molecular weight is 362 g/mol. The van der Waals surface area contributed by atoms with Crippen LogP contribution in [0.3, 0.4) is 0 Å². The van der Waals surface area contributed by atoms with Gasteiger partial charge in [-0.2, -0.15) is 0 Å². The highest BCUT2D eigenvalue weighted by molar-refractivity contribution is 7.20. The Kier molecular flexibility index (Phi) is 4.12. The highest BCUT2D eigenvalue weighted by Crippen LogP contribution is 2.28. The van der Waals surface area contributed by atoms with E-state index in [1.807, 2.05) is 42.5 Å². The first-order valence-electron chi connectivity index (χ1n) is 7.92. The number of hydroxylamine groups is 1. The number of hydrogen-bond donors (Lipinski definition) is 3. The molecule has 2 amide bonds. The van der Waals surface area contributed by atoms with Gasteiger partial charge in [-0.15, -0.1) is 11.3 Å². The molecule has 3 N–H and O–H groups in total. The van der Waals surface area contributed by atoms with Crippen molar-refractivity contribution < 1.29 is 14.8 Å². The van der Waals surface area contributed by atoms with Gasteiger partial charge >= 0.3 is 0 Å². The predicted molar refractivity (Wildman–Crippen MR) is 103 cm³/mol. The average Bonchev–Trinajstić information content (AvgIpc) is 3.10. The molecule has 5 nitrogen and oxygen atoms in total. The fourth-order valence-corrected chi connectivity index (χ4v) is 3.75. The minimum atomic E-state index is -0.548. The fraction of sp³-hybridized carbons (Fsp3) is 0. The van der Waals surface area contributed by atoms with Crippen molar-refractivity contribution in [2.75, 3.05) is 5.32 Å². The molecule has 0 fully saturated rings. The Morgan fingerprint density at radius 3 is 2.42 bits per heavy atom. The molecule has 0 unspecified atom stereocenters. The molecule has 0 spiro atoms. The van der Waals surface area contributed by atoms with Crippen LogP contribution in [0.2, 0.25) is 0 Å². The smallest absolute Gasteiger partial charge is 0.284 e. The maximum Gasteiger partial charge on any atom is 0.284 e. The quantitative estimate of drug-likeness (QED) is 0.373. The molecule has 1 heterocycles. The third kappa shape index (κ3) is 3.03. The van der Waals surface area contributed by atoms with E-state index in [2.05, 4.69) is 5.32 Å². The van der Waals surface area contributed by atoms with Crippen LogP contribution in [-0.4, -0.2) is 17.0 Å². The topological polar surface area (TPSA) is 78.4 Å². The molecular formula is C20H14N2O3S. The lowest BCUT2D eigenvalue weighted by Crippen LogP contribution is -2.16. The lowest BCUT2D eigenvalue weighted by Gasteiger charge is -2.06. The zero-order chi connectivity index (χ0) is 18.1. The molecule has 0 aliphatic rings. The Hall–Kier alpha value is -3.22. The number of anilines is 1. The molecule has 1 aromatic heterocycles. The van der Waals surface area contributed by atoms with Gasteiger partial charge in [0.05, 0.1) is 4.88 Å². The molecular weight excluding hydrogens is 348 g/mol. The van der Waals surface area contributed by atoms with E-state index in [-0.39, 0.29) is 5.91 Å². The highest BCUT2D eigenvalue weighted by Gasteiger charge is 2.11. The van der Waals surface area contributed by atoms with Gasteiger partial charge in [-0.1, -0.05) is 30.3 Å². The number of benzene rings is 3. The Bertz CT molecular complexity index is 1150. The van der Waals surface area contributed by atoms with Crippen molar-refractivity contribution in [2.45, 2.75) is 0 Å². The molecule has 4 rings (SSSR count). The second kappa shape index (κ2) is 6.59. The third-order valence-electron chi connectivity index (χ3n) is 4.11. The predicted octanol–water partition coefficient (Wildman–Crippen LogP) is 4.43. The first-order chi connectivity index (χ1) is 12.6. The Morgan fingerprint density at radius 1 is 0.808 bits per heavy atom. The van der Waals surface area contributed by atoms with E-state index in [1.54, 1.807) is 29.7 Å². The molecule has 0 saturated carbocycles. The monoisotopic (exact) mass is 362 g/mol. The molecule has 128 valence electrons. The molecule has 0 bridgehead atoms. The molecule has 0 atom stereocenters. The second-order valence-electron chi connectivity index (χ2n) is 5.82. The zero-order valence-corrected chi connectivity index (χ0v) is 14.3. The summed E-state index contributed by atoms with van der Waals surface area (Å²) < 4.78 is 0.896. The number of hydrogen-bond acceptors (Lipinski definition) is 4. The summed E-state index contributed by atoms with van der Waals surface area (Å²) in [4.78, 5) is 24.5. The van der Waals surface area contributed by atoms with Crippen molar-refractivity contribution >= 4 is 49.7 Å². The van der Waals surface area contributed by atoms with E-state index < -0.39 is 5.91 Å². The summed E-state index contributed by atoms with van der Waals surface area (Å²) in [5, 5.41) is 14.5. The largest absolute Gasteiger partial charge is 0.322 e. The normalized spacial score (nSPS) is 10.8. The van der Waals surface area contributed by atoms with Gasteiger partial charge in [0.15, 0.2) is 0 Å². The van der Waals surface area contributed by atoms with E-state index in [4.69, 9.17) is 5.21 Å². The van der Waals surface area contributed by atoms with Gasteiger partial charge in [0.2, 0.25) is 0 Å². The highest BCUT2D eigenvalue weighted by atomic mass is 32.1. The molecule has 0 aliphatic carbocycles. The van der Waals surface area contributed by atoms with Crippen LogP contribution >= 0.6 is 11.3 Å². The molecule has 3 aromatic carbocycles. The summed E-state index contributed by atoms with van der Waals surface area (Å²) in [5.74, 6) is -0.744. The van der Waals surface area contributed by atoms with Gasteiger partial charge in [0.25, 0.3) is 11.8 Å². The van der Waals surface area contributed by atoms with Crippen LogP contribution in [0.5, 0.6) is 0 Å². The molecule has 0 saturated heterocycles. The van der Waals surface area contributed by atoms with Crippen molar-refractivity contribution in [1.82, 2.24) is 5.48 Å². The van der Waals surface area contributed by atoms with E-state index in [0.29, 0.717) is 16.1 Å². The van der Waals surface area contributed by atoms with Crippen molar-refractivity contribution in [3.63, 3.8) is 0 Å². The number of carbonyl (C=O) groups excluding carboxylic acids is 2. The molecule has 6 heteroatoms. The zero-order valence-electron chi connectivity index (χ0n) is 13.5. The van der Waals surface area contributed by atoms with Crippen molar-refractivity contribution in [3.8, 4) is 0 Å². The number of amides is 2. The number of nitrogens with one attached hydrogen (secondary N) is 2. The maximum absolute atomic E-state index is 12.5. The summed E-state index contributed by atoms with van der Waals surface area (Å²) in [7, 11) is 0. The van der Waals surface area contributed by atoms with Crippen molar-refractivity contribution in [3.05, 3.63) is 77.2 Å². The molecule has 0 aliphatic heterocycles. The SMILES string of the molecule is O=C(Nc1ccc2sc(C(=O)NO)cc2c1)c1ccc2ccccc2c1. The Morgan fingerprint density at radius 2 is 1.62 bits per heavy atom. The second-order valence-corrected chi connectivity index (χ2v) is 6.90. The number of thiophene rings is 1. The number of rotatable bonds is 3. The number of fused-ring (bicyclic) bond motifs is 2. The third-order valence-corrected chi connectivity index (χ3v) is 5.23. The van der Waals surface area contributed by atoms with E-state index >= 15 is 0 Å². The standard InChI is InChI=1S/C20H14N2O3S/c23-19(14-6-5-12-3-1-2-4-13(12)9-14)21-16-7-8-17-15(10-16)11-18(26-17)20(24)22-25/h1-11,25H,(H,21,23)(H,22,24). The van der Waals surface area contributed by atoms with Crippen LogP contribution < -0.4 is 10.8 Å². The Balaban J connectivity index is 1.60. The lowest BCUT2D eigenvalue weighted by molar-refractivity contribution is 0.0711. The first-order valence-corrected chi connectivity index (χ1v) is 8.74. The summed E-state index contributed by atoms with van der Waals surface area (Å²) in [5.41, 5.74) is 2.85. The van der Waals surface area contributed by atoms with Crippen LogP contribution in [0.1, 0.15) is 20.0 Å². The lowest BCUT2D eigenvalue weighted by atomic mass is 10.1. The van der Waals surface area contributed by atoms with Gasteiger partial charge in [-0.05, 0) is 52.6 Å². The van der Waals surface area contributed by atoms with Gasteiger partial charge in [-0.3, -0.25) is 14.8 Å². The van der Waals surface area contributed by atoms with Crippen LogP contribution in [-0.2, 0) is 0 Å². The van der Waals surface area contributed by atoms with E-state index in [1.165, 1.54) is 11.3 Å². The Labute approximate surface area is 152 Å². The van der Waals surface area contributed by atoms with Crippen molar-refractivity contribution in [2.24, 2.45) is 0 Å². The van der Waals surface area contributed by atoms with Gasteiger partial charge in [0.1, 0.15) is 0 Å². The van der Waals surface area contributed by atoms with Gasteiger partial charge in [0, 0.05) is 16.0 Å². The van der Waals surface area contributed by atoms with Crippen LogP contribution in [0.25, 0.3) is 20.9 Å². The van der Waals surface area contributed by atoms with Gasteiger partial charge < -0.3 is 5.32 Å². The fourth-order valence-electron chi connectivity index (χ4n) is 2.82. The van der Waals surface area contributed by atoms with Crippen LogP contribution in [0.4, 0.5) is 5.69 Å².